The first-order valence-corrected chi connectivity index (χ1v) is 9.62. The Morgan fingerprint density at radius 1 is 1.19 bits per heavy atom. The lowest BCUT2D eigenvalue weighted by Gasteiger charge is -2.36. The van der Waals surface area contributed by atoms with Crippen molar-refractivity contribution in [3.8, 4) is 0 Å². The van der Waals surface area contributed by atoms with Crippen molar-refractivity contribution in [3.63, 3.8) is 0 Å². The van der Waals surface area contributed by atoms with Gasteiger partial charge < -0.3 is 5.32 Å². The highest BCUT2D eigenvalue weighted by molar-refractivity contribution is 5.93. The van der Waals surface area contributed by atoms with E-state index in [1.54, 1.807) is 6.08 Å². The number of amides is 1. The van der Waals surface area contributed by atoms with E-state index in [9.17, 15) is 26.7 Å². The van der Waals surface area contributed by atoms with Gasteiger partial charge in [-0.15, -0.1) is 0 Å². The average Bonchev–Trinajstić information content (AvgIpc) is 2.72. The lowest BCUT2D eigenvalue weighted by Crippen LogP contribution is -2.49. The number of hydrogen-bond acceptors (Lipinski definition) is 3. The van der Waals surface area contributed by atoms with Crippen molar-refractivity contribution in [3.05, 3.63) is 88.6 Å². The predicted molar refractivity (Wildman–Crippen MR) is 104 cm³/mol. The summed E-state index contributed by atoms with van der Waals surface area (Å²) in [7, 11) is 0. The molecule has 0 saturated heterocycles. The Morgan fingerprint density at radius 2 is 1.97 bits per heavy atom. The molecule has 0 saturated carbocycles. The van der Waals surface area contributed by atoms with Gasteiger partial charge in [-0.2, -0.15) is 13.2 Å². The molecular formula is C22H18F5N3O. The fraction of sp³-hybridized carbons (Fsp3) is 0.227. The van der Waals surface area contributed by atoms with Crippen molar-refractivity contribution in [1.82, 2.24) is 15.8 Å². The van der Waals surface area contributed by atoms with Crippen LogP contribution in [-0.4, -0.2) is 17.1 Å². The van der Waals surface area contributed by atoms with E-state index < -0.39 is 29.6 Å². The first-order chi connectivity index (χ1) is 14.7. The molecule has 2 N–H and O–H groups in total. The number of alkyl halides is 3. The molecule has 1 aromatic rings. The van der Waals surface area contributed by atoms with Gasteiger partial charge in [-0.05, 0) is 36.6 Å². The number of nitrogens with zero attached hydrogens (tertiary/aromatic N) is 1. The number of hydrazine groups is 1. The summed E-state index contributed by atoms with van der Waals surface area (Å²) in [6.07, 6.45) is 2.55. The monoisotopic (exact) mass is 435 g/mol. The number of carbonyl (C=O) groups excluding carboxylic acids is 1. The molecule has 4 rings (SSSR count). The minimum atomic E-state index is -4.33. The molecule has 0 bridgehead atoms. The van der Waals surface area contributed by atoms with E-state index in [1.807, 2.05) is 6.92 Å². The van der Waals surface area contributed by atoms with Gasteiger partial charge in [-0.1, -0.05) is 25.2 Å². The van der Waals surface area contributed by atoms with Gasteiger partial charge in [0.05, 0.1) is 11.6 Å². The van der Waals surface area contributed by atoms with Gasteiger partial charge in [0.1, 0.15) is 17.5 Å². The molecule has 1 aromatic carbocycles. The zero-order valence-corrected chi connectivity index (χ0v) is 16.4. The number of allylic oxidation sites excluding steroid dienone is 6. The minimum absolute atomic E-state index is 0.160. The molecule has 31 heavy (non-hydrogen) atoms. The van der Waals surface area contributed by atoms with Gasteiger partial charge in [-0.3, -0.25) is 10.2 Å². The maximum Gasteiger partial charge on any atom is 0.395 e. The van der Waals surface area contributed by atoms with Crippen molar-refractivity contribution < 1.29 is 26.7 Å². The average molecular weight is 435 g/mol. The first-order valence-electron chi connectivity index (χ1n) is 9.62. The second-order valence-electron chi connectivity index (χ2n) is 7.27. The summed E-state index contributed by atoms with van der Waals surface area (Å²) in [5.41, 5.74) is 4.89. The molecule has 0 spiro atoms. The van der Waals surface area contributed by atoms with E-state index >= 15 is 0 Å². The third-order valence-corrected chi connectivity index (χ3v) is 5.25. The van der Waals surface area contributed by atoms with E-state index in [-0.39, 0.29) is 17.8 Å². The van der Waals surface area contributed by atoms with Crippen LogP contribution in [0.4, 0.5) is 22.0 Å². The number of carbonyl (C=O) groups is 1. The second kappa shape index (κ2) is 7.72. The van der Waals surface area contributed by atoms with Crippen molar-refractivity contribution in [2.75, 3.05) is 0 Å². The zero-order valence-electron chi connectivity index (χ0n) is 16.4. The Bertz CT molecular complexity index is 1090. The Kier molecular flexibility index (Phi) is 5.20. The third kappa shape index (κ3) is 3.99. The summed E-state index contributed by atoms with van der Waals surface area (Å²) >= 11 is 0. The van der Waals surface area contributed by atoms with Crippen LogP contribution in [0.2, 0.25) is 0 Å². The molecule has 2 heterocycles. The van der Waals surface area contributed by atoms with Crippen LogP contribution in [0.5, 0.6) is 0 Å². The standard InChI is InChI=1S/C22H18F5N3O/c1-2-18-16(15-8-7-14(23)9-17(15)24)10-20-28-19(11-21(31)30(20)29-18)12-3-5-13(6-4-12)22(25,26)27/h3-5,7-11,13,28-29H,2,6H2,1H3. The molecule has 1 aliphatic carbocycles. The molecule has 0 radical (unpaired) electrons. The summed E-state index contributed by atoms with van der Waals surface area (Å²) in [5, 5.41) is 4.25. The van der Waals surface area contributed by atoms with Crippen LogP contribution < -0.4 is 10.7 Å². The fourth-order valence-electron chi connectivity index (χ4n) is 3.61. The first kappa shape index (κ1) is 20.9. The molecule has 0 aromatic heterocycles. The number of benzene rings is 1. The highest BCUT2D eigenvalue weighted by Gasteiger charge is 2.38. The Hall–Kier alpha value is -3.36. The number of fused-ring (bicyclic) bond motifs is 1. The van der Waals surface area contributed by atoms with Crippen LogP contribution in [0, 0.1) is 17.6 Å². The second-order valence-corrected chi connectivity index (χ2v) is 7.27. The molecule has 3 aliphatic rings. The van der Waals surface area contributed by atoms with E-state index in [2.05, 4.69) is 10.7 Å². The highest BCUT2D eigenvalue weighted by atomic mass is 19.4. The summed E-state index contributed by atoms with van der Waals surface area (Å²) < 4.78 is 66.4. The van der Waals surface area contributed by atoms with Crippen LogP contribution in [0.1, 0.15) is 25.3 Å². The zero-order chi connectivity index (χ0) is 22.3. The number of halogens is 5. The van der Waals surface area contributed by atoms with Crippen LogP contribution in [0.15, 0.2) is 71.4 Å². The smallest absolute Gasteiger partial charge is 0.339 e. The number of rotatable bonds is 3. The maximum absolute atomic E-state index is 14.4. The molecule has 162 valence electrons. The van der Waals surface area contributed by atoms with Gasteiger partial charge in [0.15, 0.2) is 0 Å². The Morgan fingerprint density at radius 3 is 2.58 bits per heavy atom. The van der Waals surface area contributed by atoms with Crippen molar-refractivity contribution in [2.45, 2.75) is 25.9 Å². The van der Waals surface area contributed by atoms with Gasteiger partial charge in [0.25, 0.3) is 5.91 Å². The van der Waals surface area contributed by atoms with Gasteiger partial charge in [-0.25, -0.2) is 13.8 Å². The third-order valence-electron chi connectivity index (χ3n) is 5.25. The summed E-state index contributed by atoms with van der Waals surface area (Å²) in [5.74, 6) is -3.17. The quantitative estimate of drug-likeness (QED) is 0.669. The van der Waals surface area contributed by atoms with Gasteiger partial charge >= 0.3 is 6.18 Å². The predicted octanol–water partition coefficient (Wildman–Crippen LogP) is 4.83. The summed E-state index contributed by atoms with van der Waals surface area (Å²) in [6, 6.07) is 3.23. The molecule has 2 aliphatic heterocycles. The normalized spacial score (nSPS) is 21.1. The summed E-state index contributed by atoms with van der Waals surface area (Å²) in [4.78, 5) is 12.7. The number of hydrogen-bond donors (Lipinski definition) is 2. The van der Waals surface area contributed by atoms with E-state index in [1.165, 1.54) is 29.3 Å². The topological polar surface area (TPSA) is 44.4 Å². The highest BCUT2D eigenvalue weighted by Crippen LogP contribution is 2.35. The van der Waals surface area contributed by atoms with Crippen molar-refractivity contribution >= 4 is 11.5 Å². The van der Waals surface area contributed by atoms with E-state index in [0.717, 1.165) is 18.2 Å². The maximum atomic E-state index is 14.4. The largest absolute Gasteiger partial charge is 0.395 e. The van der Waals surface area contributed by atoms with E-state index in [0.29, 0.717) is 29.0 Å². The molecular weight excluding hydrogens is 417 g/mol. The van der Waals surface area contributed by atoms with Crippen LogP contribution in [0.25, 0.3) is 5.57 Å². The molecule has 1 atom stereocenters. The molecule has 0 fully saturated rings. The van der Waals surface area contributed by atoms with Crippen molar-refractivity contribution in [2.24, 2.45) is 5.92 Å². The minimum Gasteiger partial charge on any atom is -0.339 e. The van der Waals surface area contributed by atoms with Crippen LogP contribution >= 0.6 is 0 Å². The van der Waals surface area contributed by atoms with E-state index in [4.69, 9.17) is 0 Å². The lowest BCUT2D eigenvalue weighted by molar-refractivity contribution is -0.160. The van der Waals surface area contributed by atoms with Crippen molar-refractivity contribution in [1.29, 1.82) is 0 Å². The Balaban J connectivity index is 1.65. The lowest BCUT2D eigenvalue weighted by atomic mass is 9.94. The molecule has 4 nitrogen and oxygen atoms in total. The molecule has 1 unspecified atom stereocenters. The SMILES string of the molecule is CCC1=C(c2ccc(F)cc2F)C=C2NC(C3=CCC(C(F)(F)F)C=C3)=CC(=O)N2N1. The molecule has 9 heteroatoms. The van der Waals surface area contributed by atoms with Gasteiger partial charge in [0.2, 0.25) is 0 Å². The Labute approximate surface area is 175 Å². The summed E-state index contributed by atoms with van der Waals surface area (Å²) in [6.45, 7) is 1.82. The molecule has 1 amide bonds. The fourth-order valence-corrected chi connectivity index (χ4v) is 3.61. The van der Waals surface area contributed by atoms with Gasteiger partial charge in [0, 0.05) is 29.0 Å². The van der Waals surface area contributed by atoms with Crippen LogP contribution in [0.3, 0.4) is 0 Å². The van der Waals surface area contributed by atoms with Crippen LogP contribution in [-0.2, 0) is 4.79 Å². The number of nitrogens with one attached hydrogen (secondary N) is 2.